The number of nitrogens with two attached hydrogens (primary N) is 1. The normalized spacial score (nSPS) is 37.6. The average molecular weight is 1050 g/mol. The molecule has 20 heteroatoms. The van der Waals surface area contributed by atoms with Gasteiger partial charge in [-0.3, -0.25) is 4.79 Å². The standard InChI is InChI=1S/C53H86FN7O11S/c1-14-42-53(10,66)47(63)35(8)60(12)27-30(3)24-52(9,65)48(33(6)45(34(7)49(64)70-42)71-43-22-29(2)21-31(4)68-43)72-50-44(62)39(23-32(5)69-50)59(11)20-19-38-28-61(58-57-38)40(25-54)46(67-13)37-17-15-36(16-18-37)41-26-56-51(55)73-41/h15-18,26,28-35,39-40,42-48,50,62-63,65-66H,14,19-25,27H2,1-13H3,(H2,55,56)/t29-,30-,31+,32-,33+,34-,35-,39+,40-,42-,43+,44-,45?,46-,47-,48-,50+,52-,53-/m1/s1. The highest BCUT2D eigenvalue weighted by atomic mass is 32.1. The number of cyclic esters (lactones) is 1. The van der Waals surface area contributed by atoms with Gasteiger partial charge >= 0.3 is 5.97 Å². The monoisotopic (exact) mass is 1050 g/mol. The van der Waals surface area contributed by atoms with Crippen molar-refractivity contribution in [3.05, 3.63) is 47.9 Å². The van der Waals surface area contributed by atoms with Crippen LogP contribution in [0.5, 0.6) is 0 Å². The van der Waals surface area contributed by atoms with Gasteiger partial charge in [-0.1, -0.05) is 68.5 Å². The second-order valence-corrected chi connectivity index (χ2v) is 23.3. The quantitative estimate of drug-likeness (QED) is 0.110. The van der Waals surface area contributed by atoms with Crippen LogP contribution in [0.25, 0.3) is 10.4 Å². The smallest absolute Gasteiger partial charge is 0.311 e. The number of benzene rings is 1. The Kier molecular flexibility index (Phi) is 20.4. The van der Waals surface area contributed by atoms with Gasteiger partial charge in [0.2, 0.25) is 0 Å². The number of esters is 1. The number of ether oxygens (including phenoxy) is 6. The first-order valence-electron chi connectivity index (χ1n) is 26.2. The van der Waals surface area contributed by atoms with Crippen LogP contribution >= 0.6 is 11.3 Å². The van der Waals surface area contributed by atoms with E-state index in [0.717, 1.165) is 22.4 Å². The number of likely N-dealkylation sites (N-methyl/N-ethyl adjacent to an activating group) is 2. The van der Waals surface area contributed by atoms with Gasteiger partial charge in [-0.15, -0.1) is 5.10 Å². The van der Waals surface area contributed by atoms with E-state index in [1.54, 1.807) is 40.3 Å². The number of rotatable bonds is 15. The molecular weight excluding hydrogens is 962 g/mol. The van der Waals surface area contributed by atoms with Gasteiger partial charge in [0.15, 0.2) is 17.7 Å². The molecule has 19 atom stereocenters. The van der Waals surface area contributed by atoms with E-state index in [9.17, 15) is 29.6 Å². The molecule has 6 rings (SSSR count). The largest absolute Gasteiger partial charge is 0.459 e. The molecule has 0 spiro atoms. The minimum atomic E-state index is -1.80. The fraction of sp³-hybridized carbons (Fsp3) is 0.774. The maximum atomic E-state index is 14.9. The topological polar surface area (TPSA) is 229 Å². The molecule has 0 amide bonds. The molecule has 1 aromatic carbocycles. The molecule has 18 nitrogen and oxygen atoms in total. The third-order valence-electron chi connectivity index (χ3n) is 15.8. The van der Waals surface area contributed by atoms with Crippen LogP contribution in [-0.2, 0) is 39.6 Å². The van der Waals surface area contributed by atoms with E-state index in [4.69, 9.17) is 34.2 Å². The van der Waals surface area contributed by atoms with Gasteiger partial charge in [0, 0.05) is 63.4 Å². The maximum absolute atomic E-state index is 14.9. The number of nitrogens with zero attached hydrogens (tertiary/aromatic N) is 6. The Balaban J connectivity index is 1.23. The van der Waals surface area contributed by atoms with Crippen molar-refractivity contribution >= 4 is 22.4 Å². The first-order chi connectivity index (χ1) is 34.4. The van der Waals surface area contributed by atoms with Gasteiger partial charge in [-0.05, 0) is 104 Å². The van der Waals surface area contributed by atoms with Gasteiger partial charge in [0.25, 0.3) is 0 Å². The number of methoxy groups -OCH3 is 1. The number of halogens is 1. The van der Waals surface area contributed by atoms with Crippen molar-refractivity contribution in [3.63, 3.8) is 0 Å². The van der Waals surface area contributed by atoms with Gasteiger partial charge in [0.05, 0.1) is 46.5 Å². The Hall–Kier alpha value is -3.25. The molecule has 412 valence electrons. The van der Waals surface area contributed by atoms with Crippen molar-refractivity contribution < 1.29 is 58.0 Å². The zero-order valence-corrected chi connectivity index (χ0v) is 46.2. The van der Waals surface area contributed by atoms with E-state index in [2.05, 4.69) is 22.2 Å². The summed E-state index contributed by atoms with van der Waals surface area (Å²) in [4.78, 5) is 23.4. The molecule has 0 radical (unpaired) electrons. The van der Waals surface area contributed by atoms with Crippen LogP contribution < -0.4 is 5.73 Å². The molecule has 6 N–H and O–H groups in total. The van der Waals surface area contributed by atoms with Crippen molar-refractivity contribution in [1.29, 1.82) is 0 Å². The molecule has 3 aromatic rings. The molecule has 0 aliphatic carbocycles. The van der Waals surface area contributed by atoms with Gasteiger partial charge < -0.3 is 64.4 Å². The summed E-state index contributed by atoms with van der Waals surface area (Å²) in [5.74, 6) is -2.23. The lowest BCUT2D eigenvalue weighted by Crippen LogP contribution is -2.60. The summed E-state index contributed by atoms with van der Waals surface area (Å²) in [6.45, 7) is 18.6. The molecule has 3 saturated heterocycles. The van der Waals surface area contributed by atoms with Crippen LogP contribution in [-0.4, -0.2) is 176 Å². The summed E-state index contributed by atoms with van der Waals surface area (Å²) in [6, 6.07) is 5.87. The number of aliphatic hydroxyl groups is 4. The zero-order chi connectivity index (χ0) is 53.7. The van der Waals surface area contributed by atoms with E-state index >= 15 is 0 Å². The van der Waals surface area contributed by atoms with Gasteiger partial charge in [0.1, 0.15) is 42.7 Å². The number of hydrogen-bond acceptors (Lipinski definition) is 18. The lowest BCUT2D eigenvalue weighted by atomic mass is 9.77. The third-order valence-corrected chi connectivity index (χ3v) is 16.7. The summed E-state index contributed by atoms with van der Waals surface area (Å²) in [5.41, 5.74) is 4.80. The molecule has 0 bridgehead atoms. The van der Waals surface area contributed by atoms with Crippen LogP contribution in [0.3, 0.4) is 0 Å². The highest BCUT2D eigenvalue weighted by Crippen LogP contribution is 2.40. The first kappa shape index (κ1) is 59.0. The SMILES string of the molecule is CC[C@H]1OC(=O)[C@H](C)C(O[C@H]2C[C@H](C)C[C@H](C)O2)[C@H](C)[C@@H](O[C@@H]2O[C@H](C)C[C@H](N(C)CCc3cn([C@H](CF)[C@H](OC)c4ccc(-c5cnc(N)s5)cc4)nn3)[C@H]2O)[C@](C)(O)C[C@@H](C)CN(C)[C@H](C)[C@@H](O)[C@]1(C)O. The van der Waals surface area contributed by atoms with Crippen molar-refractivity contribution in [2.45, 2.75) is 199 Å². The third kappa shape index (κ3) is 14.2. The second kappa shape index (κ2) is 25.3. The van der Waals surface area contributed by atoms with Crippen LogP contribution in [0.15, 0.2) is 36.7 Å². The molecule has 3 fully saturated rings. The number of alkyl halides is 1. The van der Waals surface area contributed by atoms with Crippen molar-refractivity contribution in [2.75, 3.05) is 46.7 Å². The van der Waals surface area contributed by atoms with Crippen LogP contribution in [0.2, 0.25) is 0 Å². The number of carbonyl (C=O) groups excluding carboxylic acids is 1. The molecular formula is C53H86FN7O11S. The van der Waals surface area contributed by atoms with E-state index < -0.39 is 103 Å². The Morgan fingerprint density at radius 1 is 1.00 bits per heavy atom. The molecule has 1 unspecified atom stereocenters. The van der Waals surface area contributed by atoms with Crippen LogP contribution in [0, 0.1) is 23.7 Å². The fourth-order valence-corrected chi connectivity index (χ4v) is 12.3. The predicted molar refractivity (Wildman–Crippen MR) is 276 cm³/mol. The van der Waals surface area contributed by atoms with E-state index in [1.165, 1.54) is 22.9 Å². The van der Waals surface area contributed by atoms with Gasteiger partial charge in [-0.2, -0.15) is 0 Å². The zero-order valence-electron chi connectivity index (χ0n) is 45.3. The summed E-state index contributed by atoms with van der Waals surface area (Å²) in [6.07, 6.45) is -2.31. The molecule has 73 heavy (non-hydrogen) atoms. The summed E-state index contributed by atoms with van der Waals surface area (Å²) >= 11 is 1.39. The van der Waals surface area contributed by atoms with Crippen molar-refractivity contribution in [1.82, 2.24) is 29.8 Å². The highest BCUT2D eigenvalue weighted by molar-refractivity contribution is 7.18. The molecule has 3 aliphatic heterocycles. The summed E-state index contributed by atoms with van der Waals surface area (Å²) < 4.78 is 54.9. The number of thiazole rings is 1. The van der Waals surface area contributed by atoms with E-state index in [0.29, 0.717) is 43.2 Å². The van der Waals surface area contributed by atoms with E-state index in [1.807, 2.05) is 82.8 Å². The number of aromatic nitrogens is 4. The van der Waals surface area contributed by atoms with Crippen LogP contribution in [0.4, 0.5) is 9.52 Å². The number of nitrogen functional groups attached to an aromatic ring is 1. The number of hydrogen-bond donors (Lipinski definition) is 5. The molecule has 0 saturated carbocycles. The molecule has 5 heterocycles. The van der Waals surface area contributed by atoms with Crippen molar-refractivity contribution in [3.8, 4) is 10.4 Å². The van der Waals surface area contributed by atoms with Crippen LogP contribution in [0.1, 0.15) is 125 Å². The Morgan fingerprint density at radius 2 is 1.68 bits per heavy atom. The van der Waals surface area contributed by atoms with Crippen molar-refractivity contribution in [2.24, 2.45) is 23.7 Å². The maximum Gasteiger partial charge on any atom is 0.311 e. The van der Waals surface area contributed by atoms with E-state index in [-0.39, 0.29) is 36.9 Å². The molecule has 3 aliphatic rings. The Bertz CT molecular complexity index is 2180. The number of anilines is 1. The molecule has 2 aromatic heterocycles. The lowest BCUT2D eigenvalue weighted by molar-refractivity contribution is -0.307. The summed E-state index contributed by atoms with van der Waals surface area (Å²) in [5, 5.41) is 57.8. The first-order valence-corrected chi connectivity index (χ1v) is 27.0. The summed E-state index contributed by atoms with van der Waals surface area (Å²) in [7, 11) is 5.30. The number of carbonyl (C=O) groups is 1. The fourth-order valence-electron chi connectivity index (χ4n) is 11.6. The Morgan fingerprint density at radius 3 is 2.30 bits per heavy atom. The van der Waals surface area contributed by atoms with Gasteiger partial charge in [-0.25, -0.2) is 14.1 Å². The average Bonchev–Trinajstić information content (AvgIpc) is 4.00. The lowest BCUT2D eigenvalue weighted by Gasteiger charge is -2.48. The minimum Gasteiger partial charge on any atom is -0.459 e. The second-order valence-electron chi connectivity index (χ2n) is 22.2. The highest BCUT2D eigenvalue weighted by Gasteiger charge is 2.51. The Labute approximate surface area is 436 Å². The number of aliphatic hydroxyl groups excluding tert-OH is 2. The predicted octanol–water partition coefficient (Wildman–Crippen LogP) is 5.97. The minimum absolute atomic E-state index is 0.0987.